The van der Waals surface area contributed by atoms with Crippen LogP contribution in [0.5, 0.6) is 0 Å². The average Bonchev–Trinajstić information content (AvgIpc) is 2.94. The van der Waals surface area contributed by atoms with E-state index in [1.165, 1.54) is 10.1 Å². The van der Waals surface area contributed by atoms with Gasteiger partial charge in [-0.2, -0.15) is 5.10 Å². The zero-order chi connectivity index (χ0) is 12.8. The molecule has 3 rings (SSSR count). The molecule has 3 nitrogen and oxygen atoms in total. The first-order valence-electron chi connectivity index (χ1n) is 5.78. The lowest BCUT2D eigenvalue weighted by Crippen LogP contribution is -2.20. The quantitative estimate of drug-likeness (QED) is 0.767. The van der Waals surface area contributed by atoms with Gasteiger partial charge in [-0.15, -0.1) is 11.3 Å². The van der Waals surface area contributed by atoms with Crippen LogP contribution in [0.3, 0.4) is 0 Å². The number of benzene rings is 1. The zero-order valence-electron chi connectivity index (χ0n) is 10.3. The van der Waals surface area contributed by atoms with Crippen molar-refractivity contribution in [3.63, 3.8) is 0 Å². The van der Waals surface area contributed by atoms with Crippen LogP contribution >= 0.6 is 11.3 Å². The van der Waals surface area contributed by atoms with E-state index in [9.17, 15) is 5.11 Å². The summed E-state index contributed by atoms with van der Waals surface area (Å²) in [6.07, 6.45) is 3.56. The van der Waals surface area contributed by atoms with Crippen molar-refractivity contribution in [2.24, 2.45) is 7.05 Å². The van der Waals surface area contributed by atoms with Crippen molar-refractivity contribution in [3.05, 3.63) is 53.2 Å². The van der Waals surface area contributed by atoms with E-state index >= 15 is 0 Å². The summed E-state index contributed by atoms with van der Waals surface area (Å²) in [7, 11) is 1.85. The number of aliphatic hydroxyl groups is 1. The molecule has 0 bridgehead atoms. The molecule has 0 spiro atoms. The predicted molar refractivity (Wildman–Crippen MR) is 73.7 cm³/mol. The highest BCUT2D eigenvalue weighted by Gasteiger charge is 2.29. The van der Waals surface area contributed by atoms with Crippen molar-refractivity contribution >= 4 is 21.4 Å². The highest BCUT2D eigenvalue weighted by molar-refractivity contribution is 7.19. The Morgan fingerprint density at radius 1 is 1.33 bits per heavy atom. The summed E-state index contributed by atoms with van der Waals surface area (Å²) in [4.78, 5) is 0.941. The SMILES string of the molecule is Cn1cc(C(C)(O)c2cc3ccccc3s2)cn1. The second-order valence-corrected chi connectivity index (χ2v) is 5.71. The number of hydrogen-bond donors (Lipinski definition) is 1. The molecule has 1 atom stereocenters. The molecule has 3 aromatic rings. The van der Waals surface area contributed by atoms with Gasteiger partial charge < -0.3 is 5.11 Å². The van der Waals surface area contributed by atoms with Crippen molar-refractivity contribution in [3.8, 4) is 0 Å². The molecule has 0 radical (unpaired) electrons. The van der Waals surface area contributed by atoms with E-state index in [-0.39, 0.29) is 0 Å². The van der Waals surface area contributed by atoms with Gasteiger partial charge in [0, 0.05) is 28.4 Å². The molecule has 0 fully saturated rings. The second kappa shape index (κ2) is 3.93. The molecule has 0 amide bonds. The van der Waals surface area contributed by atoms with Crippen LogP contribution in [-0.2, 0) is 12.6 Å². The number of hydrogen-bond acceptors (Lipinski definition) is 3. The summed E-state index contributed by atoms with van der Waals surface area (Å²) in [6.45, 7) is 1.81. The standard InChI is InChI=1S/C14H14N2OS/c1-14(17,11-8-15-16(2)9-11)13-7-10-5-3-4-6-12(10)18-13/h3-9,17H,1-2H3. The third-order valence-electron chi connectivity index (χ3n) is 3.17. The first-order chi connectivity index (χ1) is 8.57. The summed E-state index contributed by atoms with van der Waals surface area (Å²) in [5, 5.41) is 16.0. The molecule has 1 N–H and O–H groups in total. The lowest BCUT2D eigenvalue weighted by Gasteiger charge is -2.19. The minimum absolute atomic E-state index is 0.816. The Bertz CT molecular complexity index is 663. The fourth-order valence-electron chi connectivity index (χ4n) is 2.04. The van der Waals surface area contributed by atoms with Gasteiger partial charge in [0.05, 0.1) is 6.20 Å². The van der Waals surface area contributed by atoms with Crippen LogP contribution in [0.15, 0.2) is 42.7 Å². The number of aromatic nitrogens is 2. The van der Waals surface area contributed by atoms with Crippen LogP contribution in [0.2, 0.25) is 0 Å². The fourth-order valence-corrected chi connectivity index (χ4v) is 3.17. The van der Waals surface area contributed by atoms with E-state index in [4.69, 9.17) is 0 Å². The van der Waals surface area contributed by atoms with Crippen molar-refractivity contribution in [2.45, 2.75) is 12.5 Å². The summed E-state index contributed by atoms with van der Waals surface area (Å²) < 4.78 is 2.90. The smallest absolute Gasteiger partial charge is 0.124 e. The molecule has 0 saturated carbocycles. The molecule has 92 valence electrons. The Hall–Kier alpha value is -1.65. The average molecular weight is 258 g/mol. The van der Waals surface area contributed by atoms with Gasteiger partial charge in [-0.3, -0.25) is 4.68 Å². The summed E-state index contributed by atoms with van der Waals surface area (Å²) in [5.41, 5.74) is -0.172. The fraction of sp³-hybridized carbons (Fsp3) is 0.214. The van der Waals surface area contributed by atoms with Crippen LogP contribution in [0.1, 0.15) is 17.4 Å². The third-order valence-corrected chi connectivity index (χ3v) is 4.50. The molecule has 4 heteroatoms. The van der Waals surface area contributed by atoms with Crippen molar-refractivity contribution in [1.82, 2.24) is 9.78 Å². The first-order valence-corrected chi connectivity index (χ1v) is 6.59. The Morgan fingerprint density at radius 2 is 2.11 bits per heavy atom. The Kier molecular flexibility index (Phi) is 2.50. The third kappa shape index (κ3) is 1.74. The predicted octanol–water partition coefficient (Wildman–Crippen LogP) is 2.89. The maximum absolute atomic E-state index is 10.7. The van der Waals surface area contributed by atoms with E-state index < -0.39 is 5.60 Å². The van der Waals surface area contributed by atoms with Crippen LogP contribution in [0.25, 0.3) is 10.1 Å². The van der Waals surface area contributed by atoms with Gasteiger partial charge in [0.25, 0.3) is 0 Å². The minimum atomic E-state index is -0.988. The summed E-state index contributed by atoms with van der Waals surface area (Å²) in [6, 6.07) is 10.2. The molecule has 0 aliphatic carbocycles. The van der Waals surface area contributed by atoms with Crippen LogP contribution in [0, 0.1) is 0 Å². The molecular formula is C14H14N2OS. The number of rotatable bonds is 2. The van der Waals surface area contributed by atoms with Crippen LogP contribution < -0.4 is 0 Å². The number of fused-ring (bicyclic) bond motifs is 1. The minimum Gasteiger partial charge on any atom is -0.380 e. The molecule has 2 aromatic heterocycles. The topological polar surface area (TPSA) is 38.0 Å². The zero-order valence-corrected chi connectivity index (χ0v) is 11.1. The molecule has 1 unspecified atom stereocenters. The largest absolute Gasteiger partial charge is 0.380 e. The van der Waals surface area contributed by atoms with Crippen molar-refractivity contribution in [1.29, 1.82) is 0 Å². The number of thiophene rings is 1. The van der Waals surface area contributed by atoms with Gasteiger partial charge >= 0.3 is 0 Å². The molecule has 0 saturated heterocycles. The van der Waals surface area contributed by atoms with Crippen molar-refractivity contribution in [2.75, 3.05) is 0 Å². The van der Waals surface area contributed by atoms with E-state index in [0.717, 1.165) is 10.4 Å². The molecule has 0 aliphatic rings. The van der Waals surface area contributed by atoms with Gasteiger partial charge in [0.15, 0.2) is 0 Å². The number of nitrogens with zero attached hydrogens (tertiary/aromatic N) is 2. The highest BCUT2D eigenvalue weighted by atomic mass is 32.1. The highest BCUT2D eigenvalue weighted by Crippen LogP contribution is 2.36. The van der Waals surface area contributed by atoms with E-state index in [2.05, 4.69) is 17.2 Å². The van der Waals surface area contributed by atoms with E-state index in [1.54, 1.807) is 22.2 Å². The Labute approximate surface area is 109 Å². The van der Waals surface area contributed by atoms with E-state index in [1.807, 2.05) is 38.4 Å². The second-order valence-electron chi connectivity index (χ2n) is 4.62. The lowest BCUT2D eigenvalue weighted by molar-refractivity contribution is 0.106. The van der Waals surface area contributed by atoms with Gasteiger partial charge in [-0.1, -0.05) is 18.2 Å². The van der Waals surface area contributed by atoms with Crippen LogP contribution in [0.4, 0.5) is 0 Å². The molecular weight excluding hydrogens is 244 g/mol. The summed E-state index contributed by atoms with van der Waals surface area (Å²) >= 11 is 1.62. The molecule has 1 aromatic carbocycles. The number of aryl methyl sites for hydroxylation is 1. The Balaban J connectivity index is 2.12. The maximum atomic E-state index is 10.7. The maximum Gasteiger partial charge on any atom is 0.124 e. The summed E-state index contributed by atoms with van der Waals surface area (Å²) in [5.74, 6) is 0. The van der Waals surface area contributed by atoms with Crippen LogP contribution in [-0.4, -0.2) is 14.9 Å². The van der Waals surface area contributed by atoms with Gasteiger partial charge in [-0.25, -0.2) is 0 Å². The Morgan fingerprint density at radius 3 is 2.78 bits per heavy atom. The van der Waals surface area contributed by atoms with E-state index in [0.29, 0.717) is 0 Å². The lowest BCUT2D eigenvalue weighted by atomic mass is 9.97. The monoisotopic (exact) mass is 258 g/mol. The van der Waals surface area contributed by atoms with Gasteiger partial charge in [-0.05, 0) is 24.4 Å². The first kappa shape index (κ1) is 11.4. The van der Waals surface area contributed by atoms with Gasteiger partial charge in [0.2, 0.25) is 0 Å². The van der Waals surface area contributed by atoms with Gasteiger partial charge in [0.1, 0.15) is 5.60 Å². The van der Waals surface area contributed by atoms with Crippen molar-refractivity contribution < 1.29 is 5.11 Å². The molecule has 18 heavy (non-hydrogen) atoms. The normalized spacial score (nSPS) is 14.8. The molecule has 0 aliphatic heterocycles. The molecule has 2 heterocycles.